The van der Waals surface area contributed by atoms with Crippen LogP contribution < -0.4 is 5.32 Å². The van der Waals surface area contributed by atoms with Crippen molar-refractivity contribution in [3.63, 3.8) is 0 Å². The highest BCUT2D eigenvalue weighted by molar-refractivity contribution is 4.93. The van der Waals surface area contributed by atoms with Gasteiger partial charge < -0.3 is 5.32 Å². The summed E-state index contributed by atoms with van der Waals surface area (Å²) in [4.78, 5) is 0. The average Bonchev–Trinajstić information content (AvgIpc) is 2.46. The largest absolute Gasteiger partial charge is 0.311 e. The molecule has 2 rings (SSSR count). The van der Waals surface area contributed by atoms with Gasteiger partial charge in [0.25, 0.3) is 0 Å². The van der Waals surface area contributed by atoms with Gasteiger partial charge in [-0.3, -0.25) is 0 Å². The van der Waals surface area contributed by atoms with Crippen LogP contribution in [0.25, 0.3) is 0 Å². The Kier molecular flexibility index (Phi) is 2.87. The highest BCUT2D eigenvalue weighted by Gasteiger charge is 2.36. The first-order valence-electron chi connectivity index (χ1n) is 5.69. The molecule has 2 heteroatoms. The van der Waals surface area contributed by atoms with Crippen LogP contribution in [-0.2, 0) is 0 Å². The van der Waals surface area contributed by atoms with Crippen molar-refractivity contribution in [3.05, 3.63) is 0 Å². The predicted molar refractivity (Wildman–Crippen MR) is 52.5 cm³/mol. The van der Waals surface area contributed by atoms with Crippen molar-refractivity contribution in [1.29, 1.82) is 0 Å². The van der Waals surface area contributed by atoms with Gasteiger partial charge in [0.05, 0.1) is 0 Å². The lowest BCUT2D eigenvalue weighted by Crippen LogP contribution is -2.40. The van der Waals surface area contributed by atoms with Gasteiger partial charge in [0, 0.05) is 12.1 Å². The molecule has 2 heterocycles. The molecule has 2 aliphatic heterocycles. The van der Waals surface area contributed by atoms with Crippen molar-refractivity contribution in [3.8, 4) is 0 Å². The van der Waals surface area contributed by atoms with Crippen LogP contribution >= 0.6 is 0 Å². The fourth-order valence-electron chi connectivity index (χ4n) is 2.91. The van der Waals surface area contributed by atoms with E-state index in [1.165, 1.54) is 12.8 Å². The van der Waals surface area contributed by atoms with Crippen LogP contribution in [-0.4, -0.2) is 18.3 Å². The number of halogens is 1. The maximum Gasteiger partial charge on any atom is 0.103 e. The second-order valence-electron chi connectivity index (χ2n) is 4.67. The summed E-state index contributed by atoms with van der Waals surface area (Å²) in [7, 11) is 0. The van der Waals surface area contributed by atoms with Crippen molar-refractivity contribution in [2.24, 2.45) is 5.92 Å². The quantitative estimate of drug-likeness (QED) is 0.712. The molecule has 2 bridgehead atoms. The Hall–Kier alpha value is -0.110. The van der Waals surface area contributed by atoms with Gasteiger partial charge in [0.15, 0.2) is 0 Å². The zero-order valence-electron chi connectivity index (χ0n) is 8.43. The third-order valence-electron chi connectivity index (χ3n) is 3.59. The molecule has 0 aromatic heterocycles. The van der Waals surface area contributed by atoms with E-state index in [2.05, 4.69) is 12.2 Å². The molecule has 2 aliphatic rings. The van der Waals surface area contributed by atoms with Crippen LogP contribution in [0.3, 0.4) is 0 Å². The Morgan fingerprint density at radius 2 is 1.92 bits per heavy atom. The number of hydrogen-bond donors (Lipinski definition) is 1. The molecule has 13 heavy (non-hydrogen) atoms. The van der Waals surface area contributed by atoms with Crippen LogP contribution in [0.1, 0.15) is 45.4 Å². The van der Waals surface area contributed by atoms with Gasteiger partial charge in [-0.15, -0.1) is 0 Å². The topological polar surface area (TPSA) is 12.0 Å². The number of fused-ring (bicyclic) bond motifs is 2. The van der Waals surface area contributed by atoms with E-state index in [0.717, 1.165) is 25.7 Å². The van der Waals surface area contributed by atoms with Gasteiger partial charge in [-0.1, -0.05) is 13.3 Å². The number of hydrogen-bond acceptors (Lipinski definition) is 1. The van der Waals surface area contributed by atoms with E-state index in [4.69, 9.17) is 0 Å². The molecular formula is C11H20FN. The summed E-state index contributed by atoms with van der Waals surface area (Å²) >= 11 is 0. The Morgan fingerprint density at radius 1 is 1.31 bits per heavy atom. The van der Waals surface area contributed by atoms with E-state index < -0.39 is 6.17 Å². The Bertz CT molecular complexity index is 159. The van der Waals surface area contributed by atoms with Gasteiger partial charge in [0.2, 0.25) is 0 Å². The van der Waals surface area contributed by atoms with Gasteiger partial charge in [0.1, 0.15) is 6.17 Å². The molecule has 0 aromatic rings. The van der Waals surface area contributed by atoms with Gasteiger partial charge in [-0.25, -0.2) is 4.39 Å². The Balaban J connectivity index is 1.87. The molecular weight excluding hydrogens is 165 g/mol. The lowest BCUT2D eigenvalue weighted by Gasteiger charge is -2.31. The first-order chi connectivity index (χ1) is 6.29. The number of nitrogens with one attached hydrogen (secondary N) is 1. The zero-order valence-corrected chi connectivity index (χ0v) is 8.43. The standard InChI is InChI=1S/C11H20FN/c1-2-3-11(12)8-6-9-4-5-10(7-8)13-9/h8-11,13H,2-7H2,1H3. The fourth-order valence-corrected chi connectivity index (χ4v) is 2.91. The third kappa shape index (κ3) is 2.04. The minimum atomic E-state index is -0.532. The summed E-state index contributed by atoms with van der Waals surface area (Å²) in [6.07, 6.45) is 5.94. The Labute approximate surface area is 80.1 Å². The van der Waals surface area contributed by atoms with E-state index in [9.17, 15) is 4.39 Å². The molecule has 0 aromatic carbocycles. The molecule has 3 unspecified atom stereocenters. The minimum absolute atomic E-state index is 0.360. The molecule has 1 nitrogen and oxygen atoms in total. The van der Waals surface area contributed by atoms with E-state index in [0.29, 0.717) is 18.0 Å². The highest BCUT2D eigenvalue weighted by atomic mass is 19.1. The average molecular weight is 185 g/mol. The van der Waals surface area contributed by atoms with E-state index >= 15 is 0 Å². The van der Waals surface area contributed by atoms with Crippen LogP contribution in [0, 0.1) is 5.92 Å². The molecule has 3 atom stereocenters. The van der Waals surface area contributed by atoms with E-state index in [1.807, 2.05) is 0 Å². The maximum atomic E-state index is 13.6. The monoisotopic (exact) mass is 185 g/mol. The lowest BCUT2D eigenvalue weighted by molar-refractivity contribution is 0.153. The number of alkyl halides is 1. The highest BCUT2D eigenvalue weighted by Crippen LogP contribution is 2.34. The molecule has 76 valence electrons. The SMILES string of the molecule is CCCC(F)C1CC2CCC(C1)N2. The number of piperidine rings is 1. The molecule has 2 fully saturated rings. The smallest absolute Gasteiger partial charge is 0.103 e. The summed E-state index contributed by atoms with van der Waals surface area (Å²) in [5, 5.41) is 3.55. The molecule has 0 saturated carbocycles. The summed E-state index contributed by atoms with van der Waals surface area (Å²) in [5.41, 5.74) is 0. The Morgan fingerprint density at radius 3 is 2.46 bits per heavy atom. The lowest BCUT2D eigenvalue weighted by atomic mass is 9.87. The third-order valence-corrected chi connectivity index (χ3v) is 3.59. The molecule has 0 radical (unpaired) electrons. The van der Waals surface area contributed by atoms with Gasteiger partial charge >= 0.3 is 0 Å². The first-order valence-corrected chi connectivity index (χ1v) is 5.69. The van der Waals surface area contributed by atoms with Crippen molar-refractivity contribution in [2.75, 3.05) is 0 Å². The van der Waals surface area contributed by atoms with Gasteiger partial charge in [-0.05, 0) is 38.0 Å². The number of rotatable bonds is 3. The molecule has 1 N–H and O–H groups in total. The molecule has 0 aliphatic carbocycles. The zero-order chi connectivity index (χ0) is 9.26. The molecule has 2 saturated heterocycles. The summed E-state index contributed by atoms with van der Waals surface area (Å²) in [6, 6.07) is 1.28. The van der Waals surface area contributed by atoms with Crippen molar-refractivity contribution >= 4 is 0 Å². The maximum absolute atomic E-state index is 13.6. The first kappa shape index (κ1) is 9.45. The van der Waals surface area contributed by atoms with Crippen LogP contribution in [0.5, 0.6) is 0 Å². The summed E-state index contributed by atoms with van der Waals surface area (Å²) in [6.45, 7) is 2.07. The predicted octanol–water partition coefficient (Wildman–Crippen LogP) is 2.66. The van der Waals surface area contributed by atoms with Crippen molar-refractivity contribution in [1.82, 2.24) is 5.32 Å². The normalized spacial score (nSPS) is 40.6. The van der Waals surface area contributed by atoms with E-state index in [1.54, 1.807) is 0 Å². The van der Waals surface area contributed by atoms with Crippen LogP contribution in [0.15, 0.2) is 0 Å². The van der Waals surface area contributed by atoms with Crippen LogP contribution in [0.2, 0.25) is 0 Å². The van der Waals surface area contributed by atoms with Crippen molar-refractivity contribution in [2.45, 2.75) is 63.7 Å². The minimum Gasteiger partial charge on any atom is -0.311 e. The second-order valence-corrected chi connectivity index (χ2v) is 4.67. The summed E-state index contributed by atoms with van der Waals surface area (Å²) in [5.74, 6) is 0.360. The van der Waals surface area contributed by atoms with Gasteiger partial charge in [-0.2, -0.15) is 0 Å². The van der Waals surface area contributed by atoms with Crippen molar-refractivity contribution < 1.29 is 4.39 Å². The molecule has 0 spiro atoms. The summed E-state index contributed by atoms with van der Waals surface area (Å²) < 4.78 is 13.6. The van der Waals surface area contributed by atoms with E-state index in [-0.39, 0.29) is 0 Å². The van der Waals surface area contributed by atoms with Crippen LogP contribution in [0.4, 0.5) is 4.39 Å². The fraction of sp³-hybridized carbons (Fsp3) is 1.00. The molecule has 0 amide bonds. The second kappa shape index (κ2) is 3.95.